The van der Waals surface area contributed by atoms with Crippen molar-refractivity contribution in [3.8, 4) is 11.1 Å². The van der Waals surface area contributed by atoms with E-state index < -0.39 is 24.1 Å². The molecule has 3 rings (SSSR count). The third-order valence-electron chi connectivity index (χ3n) is 5.50. The fourth-order valence-electron chi connectivity index (χ4n) is 3.87. The van der Waals surface area contributed by atoms with Crippen LogP contribution in [0.3, 0.4) is 0 Å². The maximum absolute atomic E-state index is 12.3. The third-order valence-corrected chi connectivity index (χ3v) is 5.50. The number of carbonyl (C=O) groups is 3. The normalized spacial score (nSPS) is 14.1. The predicted octanol–water partition coefficient (Wildman–Crippen LogP) is 2.77. The van der Waals surface area contributed by atoms with Gasteiger partial charge in [0.25, 0.3) is 5.91 Å². The van der Waals surface area contributed by atoms with Crippen LogP contribution in [0.1, 0.15) is 30.4 Å². The van der Waals surface area contributed by atoms with E-state index in [4.69, 9.17) is 14.6 Å². The highest BCUT2D eigenvalue weighted by atomic mass is 16.5. The predicted molar refractivity (Wildman–Crippen MR) is 118 cm³/mol. The number of fused-ring (bicyclic) bond motifs is 3. The van der Waals surface area contributed by atoms with Gasteiger partial charge in [-0.15, -0.1) is 0 Å². The molecule has 0 aliphatic heterocycles. The summed E-state index contributed by atoms with van der Waals surface area (Å²) < 4.78 is 10.6. The lowest BCUT2D eigenvalue weighted by atomic mass is 9.98. The maximum Gasteiger partial charge on any atom is 0.407 e. The molecule has 32 heavy (non-hydrogen) atoms. The Balaban J connectivity index is 1.49. The smallest absolute Gasteiger partial charge is 0.407 e. The SMILES string of the molecule is COC(CNC(=O)OCC1c2ccccc2-c2ccccc21)C(=O)NCC(C)CC(=O)O. The Morgan fingerprint density at radius 3 is 2.12 bits per heavy atom. The van der Waals surface area contributed by atoms with Gasteiger partial charge in [-0.25, -0.2) is 4.79 Å². The van der Waals surface area contributed by atoms with E-state index in [9.17, 15) is 14.4 Å². The first-order chi connectivity index (χ1) is 15.4. The first kappa shape index (κ1) is 23.3. The van der Waals surface area contributed by atoms with E-state index in [-0.39, 0.29) is 38.0 Å². The molecule has 2 amide bonds. The van der Waals surface area contributed by atoms with E-state index in [1.807, 2.05) is 36.4 Å². The molecule has 0 heterocycles. The number of carboxylic acids is 1. The van der Waals surface area contributed by atoms with Gasteiger partial charge in [-0.3, -0.25) is 9.59 Å². The van der Waals surface area contributed by atoms with Crippen LogP contribution in [0.2, 0.25) is 0 Å². The van der Waals surface area contributed by atoms with Crippen molar-refractivity contribution in [1.82, 2.24) is 10.6 Å². The highest BCUT2D eigenvalue weighted by molar-refractivity contribution is 5.82. The molecule has 3 N–H and O–H groups in total. The molecule has 0 aromatic heterocycles. The van der Waals surface area contributed by atoms with Gasteiger partial charge in [0.15, 0.2) is 6.10 Å². The number of hydrogen-bond acceptors (Lipinski definition) is 5. The minimum Gasteiger partial charge on any atom is -0.481 e. The second kappa shape index (κ2) is 10.8. The Morgan fingerprint density at radius 1 is 0.969 bits per heavy atom. The first-order valence-corrected chi connectivity index (χ1v) is 10.5. The third kappa shape index (κ3) is 5.64. The van der Waals surface area contributed by atoms with Crippen molar-refractivity contribution in [2.24, 2.45) is 5.92 Å². The van der Waals surface area contributed by atoms with Crippen LogP contribution in [0.5, 0.6) is 0 Å². The molecular weight excluding hydrogens is 412 g/mol. The van der Waals surface area contributed by atoms with Crippen LogP contribution in [0.15, 0.2) is 48.5 Å². The molecular formula is C24H28N2O6. The number of carbonyl (C=O) groups excluding carboxylic acids is 2. The first-order valence-electron chi connectivity index (χ1n) is 10.5. The molecule has 2 aromatic carbocycles. The molecule has 2 atom stereocenters. The summed E-state index contributed by atoms with van der Waals surface area (Å²) >= 11 is 0. The second-order valence-corrected chi connectivity index (χ2v) is 7.88. The Bertz CT molecular complexity index is 931. The molecule has 0 bridgehead atoms. The van der Waals surface area contributed by atoms with Crippen LogP contribution in [-0.2, 0) is 19.1 Å². The highest BCUT2D eigenvalue weighted by Gasteiger charge is 2.29. The van der Waals surface area contributed by atoms with E-state index in [2.05, 4.69) is 22.8 Å². The number of hydrogen-bond donors (Lipinski definition) is 3. The number of alkyl carbamates (subject to hydrolysis) is 1. The van der Waals surface area contributed by atoms with Gasteiger partial charge < -0.3 is 25.2 Å². The van der Waals surface area contributed by atoms with Gasteiger partial charge in [-0.1, -0.05) is 55.5 Å². The van der Waals surface area contributed by atoms with Crippen molar-refractivity contribution in [3.63, 3.8) is 0 Å². The van der Waals surface area contributed by atoms with E-state index in [0.717, 1.165) is 22.3 Å². The van der Waals surface area contributed by atoms with Crippen molar-refractivity contribution in [3.05, 3.63) is 59.7 Å². The monoisotopic (exact) mass is 440 g/mol. The van der Waals surface area contributed by atoms with Gasteiger partial charge in [-0.05, 0) is 28.2 Å². The van der Waals surface area contributed by atoms with Gasteiger partial charge in [0, 0.05) is 26.0 Å². The number of rotatable bonds is 10. The Kier molecular flexibility index (Phi) is 7.83. The molecule has 170 valence electrons. The Labute approximate surface area is 186 Å². The van der Waals surface area contributed by atoms with Crippen LogP contribution in [0.4, 0.5) is 4.79 Å². The zero-order chi connectivity index (χ0) is 23.1. The molecule has 0 saturated heterocycles. The summed E-state index contributed by atoms with van der Waals surface area (Å²) in [6, 6.07) is 16.1. The largest absolute Gasteiger partial charge is 0.481 e. The quantitative estimate of drug-likeness (QED) is 0.524. The highest BCUT2D eigenvalue weighted by Crippen LogP contribution is 2.44. The lowest BCUT2D eigenvalue weighted by molar-refractivity contribution is -0.138. The van der Waals surface area contributed by atoms with Crippen LogP contribution in [-0.4, -0.2) is 56.0 Å². The number of benzene rings is 2. The molecule has 8 nitrogen and oxygen atoms in total. The minimum absolute atomic E-state index is 0.0457. The molecule has 0 radical (unpaired) electrons. The van der Waals surface area contributed by atoms with E-state index in [0.29, 0.717) is 0 Å². The van der Waals surface area contributed by atoms with Gasteiger partial charge in [0.05, 0.1) is 6.54 Å². The fraction of sp³-hybridized carbons (Fsp3) is 0.375. The summed E-state index contributed by atoms with van der Waals surface area (Å²) in [7, 11) is 1.37. The number of ether oxygens (including phenoxy) is 2. The van der Waals surface area contributed by atoms with Crippen molar-refractivity contribution in [2.75, 3.05) is 26.8 Å². The number of nitrogens with one attached hydrogen (secondary N) is 2. The lowest BCUT2D eigenvalue weighted by Crippen LogP contribution is -2.45. The Morgan fingerprint density at radius 2 is 1.56 bits per heavy atom. The molecule has 0 spiro atoms. The number of aliphatic carboxylic acids is 1. The second-order valence-electron chi connectivity index (χ2n) is 7.88. The molecule has 8 heteroatoms. The summed E-state index contributed by atoms with van der Waals surface area (Å²) in [5.41, 5.74) is 4.52. The molecule has 1 aliphatic rings. The minimum atomic E-state index is -0.924. The van der Waals surface area contributed by atoms with Crippen LogP contribution in [0.25, 0.3) is 11.1 Å². The summed E-state index contributed by atoms with van der Waals surface area (Å²) in [6.45, 7) is 2.05. The van der Waals surface area contributed by atoms with E-state index >= 15 is 0 Å². The van der Waals surface area contributed by atoms with Crippen LogP contribution in [0, 0.1) is 5.92 Å². The standard InChI is InChI=1S/C24H28N2O6/c1-15(11-22(27)28)12-25-23(29)21(31-2)13-26-24(30)32-14-20-18-9-5-3-7-16(18)17-8-4-6-10-19(17)20/h3-10,15,20-21H,11-14H2,1-2H3,(H,25,29)(H,26,30)(H,27,28). The van der Waals surface area contributed by atoms with Gasteiger partial charge >= 0.3 is 12.1 Å². The van der Waals surface area contributed by atoms with Crippen molar-refractivity contribution < 1.29 is 29.0 Å². The summed E-state index contributed by atoms with van der Waals surface area (Å²) in [5, 5.41) is 14.0. The van der Waals surface area contributed by atoms with Crippen molar-refractivity contribution in [1.29, 1.82) is 0 Å². The van der Waals surface area contributed by atoms with E-state index in [1.165, 1.54) is 7.11 Å². The van der Waals surface area contributed by atoms with Crippen molar-refractivity contribution >= 4 is 18.0 Å². The number of methoxy groups -OCH3 is 1. The number of amides is 2. The average Bonchev–Trinajstić information content (AvgIpc) is 3.10. The topological polar surface area (TPSA) is 114 Å². The fourth-order valence-corrected chi connectivity index (χ4v) is 3.87. The molecule has 0 fully saturated rings. The zero-order valence-corrected chi connectivity index (χ0v) is 18.2. The molecule has 0 saturated carbocycles. The van der Waals surface area contributed by atoms with Gasteiger partial charge in [0.2, 0.25) is 0 Å². The summed E-state index contributed by atoms with van der Waals surface area (Å²) in [6.07, 6.45) is -1.59. The average molecular weight is 440 g/mol. The lowest BCUT2D eigenvalue weighted by Gasteiger charge is -2.18. The summed E-state index contributed by atoms with van der Waals surface area (Å²) in [4.78, 5) is 35.2. The van der Waals surface area contributed by atoms with Gasteiger partial charge in [-0.2, -0.15) is 0 Å². The van der Waals surface area contributed by atoms with Gasteiger partial charge in [0.1, 0.15) is 6.61 Å². The molecule has 1 aliphatic carbocycles. The molecule has 2 unspecified atom stereocenters. The molecule has 2 aromatic rings. The Hall–Kier alpha value is -3.39. The van der Waals surface area contributed by atoms with Crippen molar-refractivity contribution in [2.45, 2.75) is 25.4 Å². The number of carboxylic acid groups (broad SMARTS) is 1. The van der Waals surface area contributed by atoms with Crippen LogP contribution < -0.4 is 10.6 Å². The maximum atomic E-state index is 12.3. The van der Waals surface area contributed by atoms with Crippen LogP contribution >= 0.6 is 0 Å². The summed E-state index contributed by atoms with van der Waals surface area (Å²) in [5.74, 6) is -1.62. The zero-order valence-electron chi connectivity index (χ0n) is 18.2. The van der Waals surface area contributed by atoms with E-state index in [1.54, 1.807) is 6.92 Å².